The van der Waals surface area contributed by atoms with E-state index in [9.17, 15) is 9.18 Å². The van der Waals surface area contributed by atoms with Crippen molar-refractivity contribution >= 4 is 11.7 Å². The average Bonchev–Trinajstić information content (AvgIpc) is 3.10. The highest BCUT2D eigenvalue weighted by Gasteiger charge is 2.19. The molecule has 0 spiro atoms. The second-order valence-electron chi connectivity index (χ2n) is 5.96. The minimum atomic E-state index is -0.292. The van der Waals surface area contributed by atoms with Crippen LogP contribution in [0.15, 0.2) is 30.3 Å². The minimum absolute atomic E-state index is 0.0233. The Morgan fingerprint density at radius 3 is 2.68 bits per heavy atom. The zero-order valence-electron chi connectivity index (χ0n) is 12.7. The van der Waals surface area contributed by atoms with Gasteiger partial charge >= 0.3 is 0 Å². The number of benzene rings is 1. The van der Waals surface area contributed by atoms with E-state index in [2.05, 4.69) is 10.4 Å². The van der Waals surface area contributed by atoms with Gasteiger partial charge in [0.15, 0.2) is 0 Å². The van der Waals surface area contributed by atoms with Crippen molar-refractivity contribution in [2.75, 3.05) is 5.32 Å². The number of anilines is 1. The van der Waals surface area contributed by atoms with Gasteiger partial charge in [-0.3, -0.25) is 4.79 Å². The van der Waals surface area contributed by atoms with Crippen molar-refractivity contribution in [2.24, 2.45) is 5.92 Å². The van der Waals surface area contributed by atoms with Crippen LogP contribution in [0.4, 0.5) is 10.2 Å². The molecule has 116 valence electrons. The Hall–Kier alpha value is -2.17. The van der Waals surface area contributed by atoms with Gasteiger partial charge in [0.25, 0.3) is 0 Å². The first-order valence-corrected chi connectivity index (χ1v) is 7.74. The molecule has 1 heterocycles. The van der Waals surface area contributed by atoms with Crippen LogP contribution in [0.5, 0.6) is 0 Å². The first-order valence-electron chi connectivity index (χ1n) is 7.74. The molecule has 5 heteroatoms. The Balaban J connectivity index is 1.75. The van der Waals surface area contributed by atoms with Crippen LogP contribution in [-0.4, -0.2) is 15.7 Å². The van der Waals surface area contributed by atoms with Gasteiger partial charge in [0, 0.05) is 12.5 Å². The summed E-state index contributed by atoms with van der Waals surface area (Å²) in [7, 11) is 0. The molecule has 1 aromatic heterocycles. The van der Waals surface area contributed by atoms with E-state index in [1.165, 1.54) is 25.0 Å². The molecule has 1 saturated carbocycles. The second kappa shape index (κ2) is 6.30. The molecule has 0 atom stereocenters. The number of amides is 1. The fourth-order valence-electron chi connectivity index (χ4n) is 3.04. The highest BCUT2D eigenvalue weighted by atomic mass is 19.1. The predicted molar refractivity (Wildman–Crippen MR) is 83.5 cm³/mol. The van der Waals surface area contributed by atoms with Crippen LogP contribution < -0.4 is 5.32 Å². The van der Waals surface area contributed by atoms with Crippen molar-refractivity contribution < 1.29 is 9.18 Å². The monoisotopic (exact) mass is 301 g/mol. The summed E-state index contributed by atoms with van der Waals surface area (Å²) in [6.07, 6.45) is 5.30. The molecule has 0 aliphatic heterocycles. The van der Waals surface area contributed by atoms with Crippen LogP contribution in [0.2, 0.25) is 0 Å². The topological polar surface area (TPSA) is 46.9 Å². The smallest absolute Gasteiger partial charge is 0.225 e. The van der Waals surface area contributed by atoms with Crippen LogP contribution >= 0.6 is 0 Å². The highest BCUT2D eigenvalue weighted by molar-refractivity contribution is 5.90. The zero-order valence-corrected chi connectivity index (χ0v) is 12.7. The normalized spacial score (nSPS) is 15.2. The quantitative estimate of drug-likeness (QED) is 0.932. The van der Waals surface area contributed by atoms with E-state index in [1.807, 2.05) is 13.0 Å². The summed E-state index contributed by atoms with van der Waals surface area (Å²) in [5.41, 5.74) is 1.53. The SMILES string of the molecule is Cc1cc(NC(=O)CC2CCCC2)n(-c2ccc(F)cc2)n1. The lowest BCUT2D eigenvalue weighted by Crippen LogP contribution is -2.17. The Bertz CT molecular complexity index is 657. The third-order valence-corrected chi connectivity index (χ3v) is 4.12. The van der Waals surface area contributed by atoms with Gasteiger partial charge in [-0.2, -0.15) is 5.10 Å². The molecule has 22 heavy (non-hydrogen) atoms. The average molecular weight is 301 g/mol. The molecule has 1 amide bonds. The summed E-state index contributed by atoms with van der Waals surface area (Å²) in [6, 6.07) is 7.89. The largest absolute Gasteiger partial charge is 0.311 e. The molecular weight excluding hydrogens is 281 g/mol. The Kier molecular flexibility index (Phi) is 4.22. The van der Waals surface area contributed by atoms with Gasteiger partial charge in [-0.05, 0) is 49.9 Å². The van der Waals surface area contributed by atoms with Gasteiger partial charge in [-0.25, -0.2) is 9.07 Å². The van der Waals surface area contributed by atoms with Gasteiger partial charge in [0.1, 0.15) is 11.6 Å². The third kappa shape index (κ3) is 3.35. The summed E-state index contributed by atoms with van der Waals surface area (Å²) in [6.45, 7) is 1.87. The molecule has 1 N–H and O–H groups in total. The number of halogens is 1. The van der Waals surface area contributed by atoms with Gasteiger partial charge in [0.2, 0.25) is 5.91 Å². The van der Waals surface area contributed by atoms with Crippen LogP contribution in [0, 0.1) is 18.7 Å². The van der Waals surface area contributed by atoms with E-state index in [0.29, 0.717) is 18.2 Å². The van der Waals surface area contributed by atoms with Crippen molar-refractivity contribution in [3.8, 4) is 5.69 Å². The van der Waals surface area contributed by atoms with Gasteiger partial charge in [-0.15, -0.1) is 0 Å². The van der Waals surface area contributed by atoms with E-state index in [0.717, 1.165) is 24.2 Å². The van der Waals surface area contributed by atoms with Crippen LogP contribution in [0.1, 0.15) is 37.8 Å². The van der Waals surface area contributed by atoms with Crippen LogP contribution in [-0.2, 0) is 4.79 Å². The van der Waals surface area contributed by atoms with E-state index in [4.69, 9.17) is 0 Å². The Labute approximate surface area is 129 Å². The first kappa shape index (κ1) is 14.8. The van der Waals surface area contributed by atoms with E-state index >= 15 is 0 Å². The molecule has 4 nitrogen and oxygen atoms in total. The number of hydrogen-bond donors (Lipinski definition) is 1. The zero-order chi connectivity index (χ0) is 15.5. The maximum Gasteiger partial charge on any atom is 0.225 e. The molecule has 0 bridgehead atoms. The lowest BCUT2D eigenvalue weighted by molar-refractivity contribution is -0.117. The fourth-order valence-corrected chi connectivity index (χ4v) is 3.04. The van der Waals surface area contributed by atoms with Crippen molar-refractivity contribution in [1.82, 2.24) is 9.78 Å². The highest BCUT2D eigenvalue weighted by Crippen LogP contribution is 2.28. The summed E-state index contributed by atoms with van der Waals surface area (Å²) in [5, 5.41) is 7.31. The van der Waals surface area contributed by atoms with Crippen LogP contribution in [0.3, 0.4) is 0 Å². The maximum absolute atomic E-state index is 13.0. The Morgan fingerprint density at radius 2 is 2.00 bits per heavy atom. The van der Waals surface area contributed by atoms with Crippen molar-refractivity contribution in [1.29, 1.82) is 0 Å². The number of carbonyl (C=O) groups excluding carboxylic acids is 1. The molecular formula is C17H20FN3O. The maximum atomic E-state index is 13.0. The van der Waals surface area contributed by atoms with Crippen molar-refractivity contribution in [2.45, 2.75) is 39.0 Å². The summed E-state index contributed by atoms with van der Waals surface area (Å²) in [5.74, 6) is 0.866. The van der Waals surface area contributed by atoms with E-state index in [-0.39, 0.29) is 11.7 Å². The first-order chi connectivity index (χ1) is 10.6. The van der Waals surface area contributed by atoms with E-state index < -0.39 is 0 Å². The molecule has 1 aliphatic rings. The number of aryl methyl sites for hydroxylation is 1. The second-order valence-corrected chi connectivity index (χ2v) is 5.96. The minimum Gasteiger partial charge on any atom is -0.311 e. The lowest BCUT2D eigenvalue weighted by atomic mass is 10.0. The number of aromatic nitrogens is 2. The molecule has 0 radical (unpaired) electrons. The standard InChI is InChI=1S/C17H20FN3O/c1-12-10-16(19-17(22)11-13-4-2-3-5-13)21(20-12)15-8-6-14(18)7-9-15/h6-10,13H,2-5,11H2,1H3,(H,19,22). The number of carbonyl (C=O) groups is 1. The molecule has 3 rings (SSSR count). The number of nitrogens with zero attached hydrogens (tertiary/aromatic N) is 2. The molecule has 2 aromatic rings. The number of nitrogens with one attached hydrogen (secondary N) is 1. The molecule has 1 fully saturated rings. The summed E-state index contributed by atoms with van der Waals surface area (Å²) in [4.78, 5) is 12.2. The predicted octanol–water partition coefficient (Wildman–Crippen LogP) is 3.84. The van der Waals surface area contributed by atoms with Gasteiger partial charge < -0.3 is 5.32 Å². The fraction of sp³-hybridized carbons (Fsp3) is 0.412. The van der Waals surface area contributed by atoms with E-state index in [1.54, 1.807) is 16.8 Å². The van der Waals surface area contributed by atoms with Gasteiger partial charge in [-0.1, -0.05) is 12.8 Å². The summed E-state index contributed by atoms with van der Waals surface area (Å²) >= 11 is 0. The number of rotatable bonds is 4. The molecule has 1 aliphatic carbocycles. The van der Waals surface area contributed by atoms with Crippen molar-refractivity contribution in [3.63, 3.8) is 0 Å². The van der Waals surface area contributed by atoms with Crippen LogP contribution in [0.25, 0.3) is 5.69 Å². The Morgan fingerprint density at radius 1 is 1.32 bits per heavy atom. The molecule has 0 saturated heterocycles. The van der Waals surface area contributed by atoms with Crippen molar-refractivity contribution in [3.05, 3.63) is 41.8 Å². The lowest BCUT2D eigenvalue weighted by Gasteiger charge is -2.11. The third-order valence-electron chi connectivity index (χ3n) is 4.12. The van der Waals surface area contributed by atoms with Gasteiger partial charge in [0.05, 0.1) is 11.4 Å². The summed E-state index contributed by atoms with van der Waals surface area (Å²) < 4.78 is 14.7. The number of hydrogen-bond acceptors (Lipinski definition) is 2. The molecule has 1 aromatic carbocycles. The molecule has 0 unspecified atom stereocenters.